The molecule has 4 nitrogen and oxygen atoms in total. The number of carbonyl (C=O) groups is 1. The highest BCUT2D eigenvalue weighted by molar-refractivity contribution is 5.97. The van der Waals surface area contributed by atoms with Crippen LogP contribution in [0.5, 0.6) is 0 Å². The van der Waals surface area contributed by atoms with Crippen LogP contribution < -0.4 is 11.1 Å². The predicted molar refractivity (Wildman–Crippen MR) is 77.5 cm³/mol. The molecule has 0 amide bonds. The Morgan fingerprint density at radius 1 is 1.32 bits per heavy atom. The van der Waals surface area contributed by atoms with Crippen molar-refractivity contribution in [2.75, 3.05) is 11.1 Å². The highest BCUT2D eigenvalue weighted by atomic mass is 16.4. The summed E-state index contributed by atoms with van der Waals surface area (Å²) in [4.78, 5) is 11.1. The van der Waals surface area contributed by atoms with Gasteiger partial charge in [0.05, 0.1) is 16.9 Å². The van der Waals surface area contributed by atoms with Gasteiger partial charge in [-0.15, -0.1) is 0 Å². The Morgan fingerprint density at radius 3 is 2.79 bits per heavy atom. The van der Waals surface area contributed by atoms with E-state index in [4.69, 9.17) is 10.8 Å². The van der Waals surface area contributed by atoms with Crippen molar-refractivity contribution in [1.82, 2.24) is 0 Å². The van der Waals surface area contributed by atoms with E-state index in [0.717, 1.165) is 12.1 Å². The lowest BCUT2D eigenvalue weighted by molar-refractivity contribution is 0.0698. The van der Waals surface area contributed by atoms with Crippen molar-refractivity contribution in [3.05, 3.63) is 23.8 Å². The van der Waals surface area contributed by atoms with Gasteiger partial charge in [-0.25, -0.2) is 4.79 Å². The molecule has 0 aromatic heterocycles. The van der Waals surface area contributed by atoms with Crippen LogP contribution in [0.4, 0.5) is 11.4 Å². The number of anilines is 2. The highest BCUT2D eigenvalue weighted by Crippen LogP contribution is 2.29. The number of carboxylic acids is 1. The van der Waals surface area contributed by atoms with E-state index in [1.807, 2.05) is 6.07 Å². The van der Waals surface area contributed by atoms with E-state index in [2.05, 4.69) is 12.2 Å². The fraction of sp³-hybridized carbons (Fsp3) is 0.533. The molecule has 2 atom stereocenters. The van der Waals surface area contributed by atoms with Gasteiger partial charge in [-0.1, -0.05) is 32.3 Å². The van der Waals surface area contributed by atoms with Gasteiger partial charge in [0.2, 0.25) is 0 Å². The van der Waals surface area contributed by atoms with Crippen LogP contribution in [-0.4, -0.2) is 17.1 Å². The van der Waals surface area contributed by atoms with Crippen LogP contribution in [-0.2, 0) is 0 Å². The molecular weight excluding hydrogens is 240 g/mol. The van der Waals surface area contributed by atoms with Crippen LogP contribution in [0.2, 0.25) is 0 Å². The van der Waals surface area contributed by atoms with Gasteiger partial charge in [0.25, 0.3) is 0 Å². The summed E-state index contributed by atoms with van der Waals surface area (Å²) in [5, 5.41) is 12.5. The van der Waals surface area contributed by atoms with Gasteiger partial charge in [0, 0.05) is 6.04 Å². The number of nitrogen functional groups attached to an aromatic ring is 1. The number of hydrogen-bond donors (Lipinski definition) is 3. The molecule has 0 radical (unpaired) electrons. The van der Waals surface area contributed by atoms with E-state index < -0.39 is 5.97 Å². The molecule has 0 saturated heterocycles. The van der Waals surface area contributed by atoms with Crippen LogP contribution in [0, 0.1) is 5.92 Å². The Kier molecular flexibility index (Phi) is 4.30. The first kappa shape index (κ1) is 13.7. The molecule has 4 heteroatoms. The van der Waals surface area contributed by atoms with Gasteiger partial charge < -0.3 is 16.2 Å². The van der Waals surface area contributed by atoms with Crippen molar-refractivity contribution >= 4 is 17.3 Å². The summed E-state index contributed by atoms with van der Waals surface area (Å²) < 4.78 is 0. The Bertz CT molecular complexity index is 459. The van der Waals surface area contributed by atoms with Crippen molar-refractivity contribution in [1.29, 1.82) is 0 Å². The monoisotopic (exact) mass is 262 g/mol. The zero-order valence-electron chi connectivity index (χ0n) is 11.4. The van der Waals surface area contributed by atoms with E-state index >= 15 is 0 Å². The Morgan fingerprint density at radius 2 is 2.05 bits per heavy atom. The van der Waals surface area contributed by atoms with Gasteiger partial charge in [0.1, 0.15) is 0 Å². The maximum Gasteiger partial charge on any atom is 0.337 e. The molecule has 4 N–H and O–H groups in total. The van der Waals surface area contributed by atoms with Gasteiger partial charge in [0.15, 0.2) is 0 Å². The number of nitrogens with two attached hydrogens (primary N) is 1. The van der Waals surface area contributed by atoms with E-state index in [1.165, 1.54) is 25.7 Å². The topological polar surface area (TPSA) is 75.3 Å². The molecule has 19 heavy (non-hydrogen) atoms. The average Bonchev–Trinajstić information content (AvgIpc) is 2.57. The molecule has 0 spiro atoms. The third kappa shape index (κ3) is 3.19. The number of para-hydroxylation sites is 1. The molecule has 1 aliphatic rings. The molecule has 2 rings (SSSR count). The minimum Gasteiger partial charge on any atom is -0.478 e. The van der Waals surface area contributed by atoms with E-state index in [1.54, 1.807) is 12.1 Å². The number of nitrogens with one attached hydrogen (secondary N) is 1. The van der Waals surface area contributed by atoms with E-state index in [9.17, 15) is 4.79 Å². The van der Waals surface area contributed by atoms with Crippen molar-refractivity contribution in [2.24, 2.45) is 5.92 Å². The Labute approximate surface area is 114 Å². The zero-order chi connectivity index (χ0) is 13.8. The van der Waals surface area contributed by atoms with Crippen molar-refractivity contribution in [3.63, 3.8) is 0 Å². The van der Waals surface area contributed by atoms with Crippen molar-refractivity contribution < 1.29 is 9.90 Å². The average molecular weight is 262 g/mol. The summed E-state index contributed by atoms with van der Waals surface area (Å²) in [6.07, 6.45) is 6.13. The van der Waals surface area contributed by atoms with Crippen molar-refractivity contribution in [2.45, 2.75) is 45.1 Å². The molecule has 104 valence electrons. The standard InChI is InChI=1S/C15H22N2O2/c1-10-6-3-2-4-8-12(10)17-13-9-5-7-11(14(13)16)15(18)19/h5,7,9-10,12,17H,2-4,6,8,16H2,1H3,(H,18,19). The molecule has 1 saturated carbocycles. The van der Waals surface area contributed by atoms with Gasteiger partial charge >= 0.3 is 5.97 Å². The summed E-state index contributed by atoms with van der Waals surface area (Å²) in [5.41, 5.74) is 7.20. The smallest absolute Gasteiger partial charge is 0.337 e. The van der Waals surface area contributed by atoms with Crippen LogP contribution in [0.1, 0.15) is 49.4 Å². The first-order chi connectivity index (χ1) is 9.09. The van der Waals surface area contributed by atoms with E-state index in [0.29, 0.717) is 17.6 Å². The number of aromatic carboxylic acids is 1. The molecule has 0 aliphatic heterocycles. The summed E-state index contributed by atoms with van der Waals surface area (Å²) in [7, 11) is 0. The van der Waals surface area contributed by atoms with Crippen LogP contribution in [0.25, 0.3) is 0 Å². The lowest BCUT2D eigenvalue weighted by Crippen LogP contribution is -2.27. The van der Waals surface area contributed by atoms with Crippen LogP contribution >= 0.6 is 0 Å². The predicted octanol–water partition coefficient (Wildman–Crippen LogP) is 3.35. The fourth-order valence-electron chi connectivity index (χ4n) is 2.78. The van der Waals surface area contributed by atoms with Gasteiger partial charge in [-0.3, -0.25) is 0 Å². The largest absolute Gasteiger partial charge is 0.478 e. The van der Waals surface area contributed by atoms with Gasteiger partial charge in [-0.2, -0.15) is 0 Å². The van der Waals surface area contributed by atoms with Crippen molar-refractivity contribution in [3.8, 4) is 0 Å². The SMILES string of the molecule is CC1CCCCCC1Nc1cccc(C(=O)O)c1N. The number of hydrogen-bond acceptors (Lipinski definition) is 3. The molecular formula is C15H22N2O2. The zero-order valence-corrected chi connectivity index (χ0v) is 11.4. The molecule has 1 aromatic rings. The number of rotatable bonds is 3. The third-order valence-electron chi connectivity index (χ3n) is 4.04. The minimum atomic E-state index is -0.977. The van der Waals surface area contributed by atoms with Crippen LogP contribution in [0.3, 0.4) is 0 Å². The molecule has 1 fully saturated rings. The quantitative estimate of drug-likeness (QED) is 0.577. The third-order valence-corrected chi connectivity index (χ3v) is 4.04. The minimum absolute atomic E-state index is 0.172. The maximum absolute atomic E-state index is 11.1. The Hall–Kier alpha value is -1.71. The summed E-state index contributed by atoms with van der Waals surface area (Å²) >= 11 is 0. The van der Waals surface area contributed by atoms with Gasteiger partial charge in [-0.05, 0) is 30.9 Å². The molecule has 2 unspecified atom stereocenters. The second-order valence-corrected chi connectivity index (χ2v) is 5.44. The summed E-state index contributed by atoms with van der Waals surface area (Å²) in [6, 6.07) is 5.52. The summed E-state index contributed by atoms with van der Waals surface area (Å²) in [6.45, 7) is 2.25. The first-order valence-corrected chi connectivity index (χ1v) is 6.98. The van der Waals surface area contributed by atoms with E-state index in [-0.39, 0.29) is 5.56 Å². The maximum atomic E-state index is 11.1. The fourth-order valence-corrected chi connectivity index (χ4v) is 2.78. The molecule has 0 bridgehead atoms. The second kappa shape index (κ2) is 5.95. The van der Waals surface area contributed by atoms with Crippen LogP contribution in [0.15, 0.2) is 18.2 Å². The second-order valence-electron chi connectivity index (χ2n) is 5.44. The normalized spacial score (nSPS) is 23.6. The number of benzene rings is 1. The number of carboxylic acid groups (broad SMARTS) is 1. The summed E-state index contributed by atoms with van der Waals surface area (Å²) in [5.74, 6) is -0.384. The Balaban J connectivity index is 2.18. The molecule has 1 aromatic carbocycles. The highest BCUT2D eigenvalue weighted by Gasteiger charge is 2.21. The lowest BCUT2D eigenvalue weighted by Gasteiger charge is -2.25. The lowest BCUT2D eigenvalue weighted by atomic mass is 9.96. The first-order valence-electron chi connectivity index (χ1n) is 6.98. The molecule has 0 heterocycles. The molecule has 1 aliphatic carbocycles.